The summed E-state index contributed by atoms with van der Waals surface area (Å²) in [6.07, 6.45) is 7.23. The van der Waals surface area contributed by atoms with Gasteiger partial charge in [-0.3, -0.25) is 0 Å². The molecule has 5 nitrogen and oxygen atoms in total. The molecule has 2 saturated heterocycles. The summed E-state index contributed by atoms with van der Waals surface area (Å²) in [4.78, 5) is 13.2. The molecule has 0 radical (unpaired) electrons. The van der Waals surface area contributed by atoms with Crippen LogP contribution in [0.1, 0.15) is 86.0 Å². The topological polar surface area (TPSA) is 76.0 Å². The molecule has 2 heterocycles. The molecule has 9 atom stereocenters. The van der Waals surface area contributed by atoms with E-state index >= 15 is 0 Å². The van der Waals surface area contributed by atoms with E-state index in [-0.39, 0.29) is 16.7 Å². The smallest absolute Gasteiger partial charge is 0.341 e. The number of carbonyl (C=O) groups is 1. The quantitative estimate of drug-likeness (QED) is 0.634. The van der Waals surface area contributed by atoms with Gasteiger partial charge in [0, 0.05) is 11.8 Å². The molecule has 1 spiro atoms. The summed E-state index contributed by atoms with van der Waals surface area (Å²) in [7, 11) is 0. The van der Waals surface area contributed by atoms with E-state index in [9.17, 15) is 15.0 Å². The van der Waals surface area contributed by atoms with Crippen LogP contribution in [0.15, 0.2) is 0 Å². The summed E-state index contributed by atoms with van der Waals surface area (Å²) < 4.78 is 12.7. The second kappa shape index (κ2) is 5.12. The molecular formula is C25H38O5. The normalized spacial score (nSPS) is 63.4. The molecule has 4 saturated carbocycles. The van der Waals surface area contributed by atoms with Crippen LogP contribution >= 0.6 is 0 Å². The average Bonchev–Trinajstić information content (AvgIpc) is 3.16. The van der Waals surface area contributed by atoms with E-state index in [1.54, 1.807) is 6.92 Å². The SMILES string of the molecule is CC(C)[C@@]12CC[C@@]3(CO[C@]45C[C@@]6(C)CCC[C@@](C)(O)[C@@H]6C[C@@]43[C@](C)(O)C(=O)O5)[C@@H]1C2. The molecule has 0 aromatic carbocycles. The summed E-state index contributed by atoms with van der Waals surface area (Å²) in [5, 5.41) is 23.4. The summed E-state index contributed by atoms with van der Waals surface area (Å²) in [5.74, 6) is -0.499. The van der Waals surface area contributed by atoms with Gasteiger partial charge in [0.25, 0.3) is 0 Å². The largest absolute Gasteiger partial charge is 0.430 e. The lowest BCUT2D eigenvalue weighted by Gasteiger charge is -2.63. The maximum Gasteiger partial charge on any atom is 0.341 e. The first-order valence-corrected chi connectivity index (χ1v) is 12.1. The van der Waals surface area contributed by atoms with Crippen LogP contribution in [0.25, 0.3) is 0 Å². The van der Waals surface area contributed by atoms with Crippen LogP contribution < -0.4 is 0 Å². The Bertz CT molecular complexity index is 833. The third kappa shape index (κ3) is 1.78. The number of fused-ring (bicyclic) bond motifs is 3. The summed E-state index contributed by atoms with van der Waals surface area (Å²) in [6.45, 7) is 11.1. The molecule has 0 aromatic heterocycles. The van der Waals surface area contributed by atoms with Crippen LogP contribution in [0.3, 0.4) is 0 Å². The van der Waals surface area contributed by atoms with Gasteiger partial charge in [-0.1, -0.05) is 27.2 Å². The Kier molecular flexibility index (Phi) is 3.41. The minimum atomic E-state index is -1.59. The fraction of sp³-hybridized carbons (Fsp3) is 0.960. The van der Waals surface area contributed by atoms with Crippen molar-refractivity contribution in [3.8, 4) is 0 Å². The highest BCUT2D eigenvalue weighted by molar-refractivity contribution is 5.84. The number of hydrogen-bond acceptors (Lipinski definition) is 5. The van der Waals surface area contributed by atoms with Gasteiger partial charge in [-0.2, -0.15) is 0 Å². The van der Waals surface area contributed by atoms with Crippen LogP contribution in [0.5, 0.6) is 0 Å². The van der Waals surface area contributed by atoms with Crippen molar-refractivity contribution in [2.45, 2.75) is 103 Å². The molecule has 5 heteroatoms. The molecular weight excluding hydrogens is 380 g/mol. The molecule has 6 fully saturated rings. The molecule has 0 bridgehead atoms. The van der Waals surface area contributed by atoms with Crippen molar-refractivity contribution in [3.63, 3.8) is 0 Å². The third-order valence-corrected chi connectivity index (χ3v) is 11.7. The molecule has 6 rings (SSSR count). The predicted octanol–water partition coefficient (Wildman–Crippen LogP) is 3.80. The standard InChI is InChI=1S/C25H38O5/c1-15(2)22-9-10-23(17(22)11-22)14-29-25-13-19(3)7-6-8-20(4,27)16(19)12-24(23,25)21(5,28)18(26)30-25/h15-17,27-28H,6-14H2,1-5H3/t16-,17-,19-,20-,21-,22+,23-,24+,25+/m1/s1. The first-order chi connectivity index (χ1) is 13.8. The number of aliphatic hydroxyl groups is 2. The van der Waals surface area contributed by atoms with E-state index in [0.717, 1.165) is 38.5 Å². The molecule has 2 N–H and O–H groups in total. The van der Waals surface area contributed by atoms with Crippen molar-refractivity contribution >= 4 is 5.97 Å². The van der Waals surface area contributed by atoms with Gasteiger partial charge >= 0.3 is 5.97 Å². The highest BCUT2D eigenvalue weighted by Gasteiger charge is 2.91. The van der Waals surface area contributed by atoms with Gasteiger partial charge in [0.05, 0.1) is 17.6 Å². The molecule has 0 unspecified atom stereocenters. The van der Waals surface area contributed by atoms with Crippen molar-refractivity contribution < 1.29 is 24.5 Å². The lowest BCUT2D eigenvalue weighted by molar-refractivity contribution is -0.295. The Balaban J connectivity index is 1.56. The van der Waals surface area contributed by atoms with Crippen LogP contribution in [0.2, 0.25) is 0 Å². The van der Waals surface area contributed by atoms with Crippen molar-refractivity contribution in [3.05, 3.63) is 0 Å². The van der Waals surface area contributed by atoms with Gasteiger partial charge in [-0.15, -0.1) is 0 Å². The van der Waals surface area contributed by atoms with Crippen LogP contribution in [0, 0.1) is 39.4 Å². The number of hydrogen-bond donors (Lipinski definition) is 2. The Morgan fingerprint density at radius 3 is 2.37 bits per heavy atom. The highest BCUT2D eigenvalue weighted by atomic mass is 16.7. The number of carbonyl (C=O) groups excluding carboxylic acids is 1. The molecule has 4 aliphatic carbocycles. The van der Waals surface area contributed by atoms with Gasteiger partial charge in [0.1, 0.15) is 0 Å². The van der Waals surface area contributed by atoms with E-state index in [1.165, 1.54) is 0 Å². The maximum atomic E-state index is 13.2. The fourth-order valence-corrected chi connectivity index (χ4v) is 10.1. The predicted molar refractivity (Wildman–Crippen MR) is 110 cm³/mol. The minimum absolute atomic E-state index is 0.0271. The van der Waals surface area contributed by atoms with Gasteiger partial charge in [-0.05, 0) is 81.0 Å². The van der Waals surface area contributed by atoms with Crippen molar-refractivity contribution in [1.29, 1.82) is 0 Å². The number of esters is 1. The van der Waals surface area contributed by atoms with E-state index < -0.39 is 28.4 Å². The average molecular weight is 419 g/mol. The molecule has 2 aliphatic heterocycles. The zero-order valence-corrected chi connectivity index (χ0v) is 19.2. The lowest BCUT2D eigenvalue weighted by Crippen LogP contribution is -2.69. The lowest BCUT2D eigenvalue weighted by atomic mass is 9.41. The second-order valence-corrected chi connectivity index (χ2v) is 13.0. The number of rotatable bonds is 1. The Morgan fingerprint density at radius 2 is 1.73 bits per heavy atom. The monoisotopic (exact) mass is 418 g/mol. The first-order valence-electron chi connectivity index (χ1n) is 12.1. The molecule has 6 aliphatic rings. The van der Waals surface area contributed by atoms with Gasteiger partial charge < -0.3 is 19.7 Å². The summed E-state index contributed by atoms with van der Waals surface area (Å²) in [5.41, 5.74) is -3.26. The van der Waals surface area contributed by atoms with Crippen molar-refractivity contribution in [2.75, 3.05) is 6.61 Å². The van der Waals surface area contributed by atoms with Crippen LogP contribution in [-0.2, 0) is 14.3 Å². The van der Waals surface area contributed by atoms with Gasteiger partial charge in [0.2, 0.25) is 5.79 Å². The summed E-state index contributed by atoms with van der Waals surface area (Å²) in [6, 6.07) is 0. The third-order valence-electron chi connectivity index (χ3n) is 11.7. The second-order valence-electron chi connectivity index (χ2n) is 13.0. The molecule has 168 valence electrons. The number of ether oxygens (including phenoxy) is 2. The Hall–Kier alpha value is -0.650. The fourth-order valence-electron chi connectivity index (χ4n) is 10.1. The molecule has 0 aromatic rings. The summed E-state index contributed by atoms with van der Waals surface area (Å²) >= 11 is 0. The van der Waals surface area contributed by atoms with E-state index in [0.29, 0.717) is 36.7 Å². The zero-order chi connectivity index (χ0) is 21.6. The van der Waals surface area contributed by atoms with Crippen LogP contribution in [-0.4, -0.2) is 39.8 Å². The van der Waals surface area contributed by atoms with E-state index in [4.69, 9.17) is 9.47 Å². The van der Waals surface area contributed by atoms with Crippen molar-refractivity contribution in [2.24, 2.45) is 39.4 Å². The first kappa shape index (κ1) is 20.0. The Labute approximate surface area is 179 Å². The Morgan fingerprint density at radius 1 is 1.00 bits per heavy atom. The highest BCUT2D eigenvalue weighted by Crippen LogP contribution is 2.86. The minimum Gasteiger partial charge on any atom is -0.430 e. The zero-order valence-electron chi connectivity index (χ0n) is 19.2. The molecule has 0 amide bonds. The van der Waals surface area contributed by atoms with E-state index in [2.05, 4.69) is 20.8 Å². The van der Waals surface area contributed by atoms with Gasteiger partial charge in [0.15, 0.2) is 5.60 Å². The van der Waals surface area contributed by atoms with Crippen LogP contribution in [0.4, 0.5) is 0 Å². The molecule has 30 heavy (non-hydrogen) atoms. The van der Waals surface area contributed by atoms with E-state index in [1.807, 2.05) is 6.92 Å². The van der Waals surface area contributed by atoms with Gasteiger partial charge in [-0.25, -0.2) is 4.79 Å². The maximum absolute atomic E-state index is 13.2. The van der Waals surface area contributed by atoms with Crippen molar-refractivity contribution in [1.82, 2.24) is 0 Å².